The van der Waals surface area contributed by atoms with Crippen LogP contribution in [0.15, 0.2) is 41.8 Å². The molecular formula is C17H19FN2OS. The highest BCUT2D eigenvalue weighted by Gasteiger charge is 2.21. The van der Waals surface area contributed by atoms with E-state index >= 15 is 0 Å². The molecule has 1 amide bonds. The Morgan fingerprint density at radius 1 is 1.23 bits per heavy atom. The van der Waals surface area contributed by atoms with Crippen LogP contribution < -0.4 is 5.32 Å². The van der Waals surface area contributed by atoms with Crippen molar-refractivity contribution < 1.29 is 9.18 Å². The summed E-state index contributed by atoms with van der Waals surface area (Å²) in [6.07, 6.45) is 1.91. The largest absolute Gasteiger partial charge is 0.349 e. The lowest BCUT2D eigenvalue weighted by molar-refractivity contribution is 0.0913. The summed E-state index contributed by atoms with van der Waals surface area (Å²) in [5, 5.41) is 5.03. The second kappa shape index (κ2) is 7.03. The van der Waals surface area contributed by atoms with Gasteiger partial charge in [-0.1, -0.05) is 18.2 Å². The van der Waals surface area contributed by atoms with Crippen LogP contribution in [-0.4, -0.2) is 29.9 Å². The monoisotopic (exact) mass is 318 g/mol. The maximum Gasteiger partial charge on any atom is 0.261 e. The number of likely N-dealkylation sites (tertiary alicyclic amines) is 1. The van der Waals surface area contributed by atoms with E-state index in [4.69, 9.17) is 0 Å². The lowest BCUT2D eigenvalue weighted by Crippen LogP contribution is -2.44. The molecule has 22 heavy (non-hydrogen) atoms. The number of hydrogen-bond donors (Lipinski definition) is 1. The number of nitrogens with zero attached hydrogens (tertiary/aromatic N) is 1. The molecule has 0 unspecified atom stereocenters. The van der Waals surface area contributed by atoms with Crippen molar-refractivity contribution in [2.45, 2.75) is 25.4 Å². The van der Waals surface area contributed by atoms with E-state index in [-0.39, 0.29) is 17.8 Å². The fourth-order valence-electron chi connectivity index (χ4n) is 2.75. The molecule has 3 nitrogen and oxygen atoms in total. The number of nitrogens with one attached hydrogen (secondary N) is 1. The van der Waals surface area contributed by atoms with E-state index < -0.39 is 0 Å². The fourth-order valence-corrected chi connectivity index (χ4v) is 3.37. The maximum atomic E-state index is 12.9. The summed E-state index contributed by atoms with van der Waals surface area (Å²) in [5.74, 6) is -0.161. The van der Waals surface area contributed by atoms with Gasteiger partial charge in [0, 0.05) is 25.7 Å². The molecule has 0 saturated carbocycles. The molecule has 0 aliphatic carbocycles. The van der Waals surface area contributed by atoms with Crippen molar-refractivity contribution in [3.8, 4) is 0 Å². The van der Waals surface area contributed by atoms with Crippen molar-refractivity contribution in [3.05, 3.63) is 58.0 Å². The molecule has 5 heteroatoms. The minimum atomic E-state index is -0.196. The quantitative estimate of drug-likeness (QED) is 0.938. The minimum Gasteiger partial charge on any atom is -0.349 e. The predicted octanol–water partition coefficient (Wildman–Crippen LogP) is 3.28. The highest BCUT2D eigenvalue weighted by molar-refractivity contribution is 7.12. The third-order valence-electron chi connectivity index (χ3n) is 3.99. The molecule has 1 aromatic heterocycles. The van der Waals surface area contributed by atoms with Crippen LogP contribution >= 0.6 is 11.3 Å². The Hall–Kier alpha value is -1.72. The van der Waals surface area contributed by atoms with Gasteiger partial charge < -0.3 is 5.32 Å². The second-order valence-electron chi connectivity index (χ2n) is 5.63. The average molecular weight is 318 g/mol. The van der Waals surface area contributed by atoms with Crippen LogP contribution in [0.3, 0.4) is 0 Å². The Balaban J connectivity index is 1.46. The molecule has 1 fully saturated rings. The molecule has 1 aromatic carbocycles. The molecular weight excluding hydrogens is 299 g/mol. The summed E-state index contributed by atoms with van der Waals surface area (Å²) in [6.45, 7) is 2.74. The van der Waals surface area contributed by atoms with Gasteiger partial charge in [-0.05, 0) is 42.0 Å². The van der Waals surface area contributed by atoms with Gasteiger partial charge in [0.05, 0.1) is 4.88 Å². The predicted molar refractivity (Wildman–Crippen MR) is 86.5 cm³/mol. The molecule has 116 valence electrons. The first-order valence-electron chi connectivity index (χ1n) is 7.52. The summed E-state index contributed by atoms with van der Waals surface area (Å²) in [6, 6.07) is 10.7. The first kappa shape index (κ1) is 15.2. The minimum absolute atomic E-state index is 0.0342. The van der Waals surface area contributed by atoms with Crippen molar-refractivity contribution in [1.82, 2.24) is 10.2 Å². The number of rotatable bonds is 4. The summed E-state index contributed by atoms with van der Waals surface area (Å²) in [5.41, 5.74) is 1.13. The van der Waals surface area contributed by atoms with Crippen molar-refractivity contribution in [2.24, 2.45) is 0 Å². The molecule has 0 radical (unpaired) electrons. The number of halogens is 1. The average Bonchev–Trinajstić information content (AvgIpc) is 3.06. The lowest BCUT2D eigenvalue weighted by atomic mass is 10.0. The van der Waals surface area contributed by atoms with E-state index in [1.54, 1.807) is 0 Å². The Bertz CT molecular complexity index is 604. The van der Waals surface area contributed by atoms with E-state index in [0.717, 1.165) is 42.9 Å². The Morgan fingerprint density at radius 2 is 1.95 bits per heavy atom. The lowest BCUT2D eigenvalue weighted by Gasteiger charge is -2.32. The SMILES string of the molecule is O=C(NC1CCN(Cc2ccc(F)cc2)CC1)c1cccs1. The molecule has 3 rings (SSSR count). The number of carbonyl (C=O) groups excluding carboxylic acids is 1. The van der Waals surface area contributed by atoms with E-state index in [2.05, 4.69) is 10.2 Å². The molecule has 0 bridgehead atoms. The van der Waals surface area contributed by atoms with Gasteiger partial charge in [-0.2, -0.15) is 0 Å². The maximum absolute atomic E-state index is 12.9. The Morgan fingerprint density at radius 3 is 2.59 bits per heavy atom. The van der Waals surface area contributed by atoms with Crippen molar-refractivity contribution >= 4 is 17.2 Å². The van der Waals surface area contributed by atoms with Gasteiger partial charge >= 0.3 is 0 Å². The number of amides is 1. The van der Waals surface area contributed by atoms with E-state index in [9.17, 15) is 9.18 Å². The fraction of sp³-hybridized carbons (Fsp3) is 0.353. The van der Waals surface area contributed by atoms with Gasteiger partial charge in [0.1, 0.15) is 5.82 Å². The number of thiophene rings is 1. The van der Waals surface area contributed by atoms with Gasteiger partial charge in [0.2, 0.25) is 0 Å². The molecule has 1 aliphatic heterocycles. The number of piperidine rings is 1. The summed E-state index contributed by atoms with van der Waals surface area (Å²) < 4.78 is 12.9. The van der Waals surface area contributed by atoms with Crippen LogP contribution in [0.4, 0.5) is 4.39 Å². The Kier molecular flexibility index (Phi) is 4.85. The topological polar surface area (TPSA) is 32.3 Å². The van der Waals surface area contributed by atoms with Gasteiger partial charge in [-0.25, -0.2) is 4.39 Å². The smallest absolute Gasteiger partial charge is 0.261 e. The summed E-state index contributed by atoms with van der Waals surface area (Å²) >= 11 is 1.47. The first-order valence-corrected chi connectivity index (χ1v) is 8.40. The van der Waals surface area contributed by atoms with Crippen LogP contribution in [-0.2, 0) is 6.54 Å². The zero-order valence-electron chi connectivity index (χ0n) is 12.3. The van der Waals surface area contributed by atoms with Crippen LogP contribution in [0.5, 0.6) is 0 Å². The molecule has 0 spiro atoms. The highest BCUT2D eigenvalue weighted by atomic mass is 32.1. The number of hydrogen-bond acceptors (Lipinski definition) is 3. The number of benzene rings is 1. The number of carbonyl (C=O) groups is 1. The zero-order chi connectivity index (χ0) is 15.4. The van der Waals surface area contributed by atoms with Crippen molar-refractivity contribution in [2.75, 3.05) is 13.1 Å². The Labute approximate surface area is 133 Å². The van der Waals surface area contributed by atoms with Gasteiger partial charge in [0.15, 0.2) is 0 Å². The van der Waals surface area contributed by atoms with Crippen LogP contribution in [0, 0.1) is 5.82 Å². The van der Waals surface area contributed by atoms with Gasteiger partial charge in [-0.15, -0.1) is 11.3 Å². The van der Waals surface area contributed by atoms with E-state index in [1.807, 2.05) is 29.6 Å². The molecule has 1 aliphatic rings. The van der Waals surface area contributed by atoms with Gasteiger partial charge in [0.25, 0.3) is 5.91 Å². The van der Waals surface area contributed by atoms with Gasteiger partial charge in [-0.3, -0.25) is 9.69 Å². The van der Waals surface area contributed by atoms with Crippen molar-refractivity contribution in [1.29, 1.82) is 0 Å². The third kappa shape index (κ3) is 3.93. The molecule has 2 heterocycles. The highest BCUT2D eigenvalue weighted by Crippen LogP contribution is 2.16. The van der Waals surface area contributed by atoms with E-state index in [0.29, 0.717) is 0 Å². The first-order chi connectivity index (χ1) is 10.7. The van der Waals surface area contributed by atoms with Crippen LogP contribution in [0.25, 0.3) is 0 Å². The normalized spacial score (nSPS) is 16.6. The molecule has 2 aromatic rings. The molecule has 1 N–H and O–H groups in total. The standard InChI is InChI=1S/C17H19FN2OS/c18-14-5-3-13(4-6-14)12-20-9-7-15(8-10-20)19-17(21)16-2-1-11-22-16/h1-6,11,15H,7-10,12H2,(H,19,21). The molecule has 0 atom stereocenters. The van der Waals surface area contributed by atoms with Crippen LogP contribution in [0.2, 0.25) is 0 Å². The third-order valence-corrected chi connectivity index (χ3v) is 4.86. The van der Waals surface area contributed by atoms with Crippen molar-refractivity contribution in [3.63, 3.8) is 0 Å². The summed E-state index contributed by atoms with van der Waals surface area (Å²) in [7, 11) is 0. The zero-order valence-corrected chi connectivity index (χ0v) is 13.1. The molecule has 1 saturated heterocycles. The van der Waals surface area contributed by atoms with E-state index in [1.165, 1.54) is 23.5 Å². The van der Waals surface area contributed by atoms with Crippen LogP contribution in [0.1, 0.15) is 28.1 Å². The second-order valence-corrected chi connectivity index (χ2v) is 6.58. The summed E-state index contributed by atoms with van der Waals surface area (Å²) in [4.78, 5) is 15.1.